The standard InChI is InChI=1S/C20H34OS/c1-5-6-7-8-9-10-11-12-13-14-22(4)19-15-17(2)20(21)18(3)16-19/h15-16H,5-14H2,1-4H3. The van der Waals surface area contributed by atoms with Gasteiger partial charge in [-0.1, -0.05) is 58.3 Å². The van der Waals surface area contributed by atoms with Crippen molar-refractivity contribution in [2.24, 2.45) is 0 Å². The first-order valence-corrected chi connectivity index (χ1v) is 10.8. The molecule has 0 saturated carbocycles. The van der Waals surface area contributed by atoms with E-state index in [0.717, 1.165) is 11.1 Å². The summed E-state index contributed by atoms with van der Waals surface area (Å²) in [6.45, 7) is 6.15. The molecule has 1 unspecified atom stereocenters. The number of allylic oxidation sites excluding steroid dienone is 4. The highest BCUT2D eigenvalue weighted by molar-refractivity contribution is 8.15. The van der Waals surface area contributed by atoms with E-state index in [1.54, 1.807) is 0 Å². The summed E-state index contributed by atoms with van der Waals surface area (Å²) in [6.07, 6.45) is 19.0. The Bertz CT molecular complexity index is 430. The molecule has 0 radical (unpaired) electrons. The molecular weight excluding hydrogens is 288 g/mol. The van der Waals surface area contributed by atoms with Crippen LogP contribution in [0.2, 0.25) is 0 Å². The normalized spacial score (nSPS) is 16.5. The Hall–Kier alpha value is -0.630. The van der Waals surface area contributed by atoms with Gasteiger partial charge in [0.2, 0.25) is 0 Å². The van der Waals surface area contributed by atoms with Gasteiger partial charge in [-0.2, -0.15) is 10.5 Å². The zero-order valence-corrected chi connectivity index (χ0v) is 15.9. The predicted octanol–water partition coefficient (Wildman–Crippen LogP) is 6.06. The summed E-state index contributed by atoms with van der Waals surface area (Å²) in [5.74, 6) is 1.48. The SMILES string of the molecule is CCCCCCCCCCCS(C)=C1C=C(C)C(=O)C(C)=C1. The molecule has 0 aromatic heterocycles. The van der Waals surface area contributed by atoms with Crippen LogP contribution < -0.4 is 0 Å². The molecule has 0 amide bonds. The molecule has 0 spiro atoms. The maximum absolute atomic E-state index is 11.8. The van der Waals surface area contributed by atoms with Crippen molar-refractivity contribution < 1.29 is 4.79 Å². The Morgan fingerprint density at radius 1 is 0.818 bits per heavy atom. The molecule has 0 bridgehead atoms. The van der Waals surface area contributed by atoms with Crippen molar-refractivity contribution in [2.45, 2.75) is 78.6 Å². The van der Waals surface area contributed by atoms with Gasteiger partial charge in [-0.25, -0.2) is 0 Å². The third-order valence-electron chi connectivity index (χ3n) is 4.39. The van der Waals surface area contributed by atoms with Crippen LogP contribution in [0.25, 0.3) is 0 Å². The van der Waals surface area contributed by atoms with Crippen LogP contribution in [0.5, 0.6) is 0 Å². The maximum atomic E-state index is 11.8. The van der Waals surface area contributed by atoms with Gasteiger partial charge in [0.05, 0.1) is 0 Å². The van der Waals surface area contributed by atoms with Gasteiger partial charge in [0.15, 0.2) is 5.78 Å². The molecule has 22 heavy (non-hydrogen) atoms. The average Bonchev–Trinajstić information content (AvgIpc) is 2.50. The van der Waals surface area contributed by atoms with E-state index >= 15 is 0 Å². The van der Waals surface area contributed by atoms with Gasteiger partial charge >= 0.3 is 0 Å². The summed E-state index contributed by atoms with van der Waals surface area (Å²) < 4.78 is 0. The van der Waals surface area contributed by atoms with Crippen LogP contribution >= 0.6 is 10.5 Å². The molecular formula is C20H34OS. The molecule has 1 rings (SSSR count). The second kappa shape index (κ2) is 11.0. The van der Waals surface area contributed by atoms with Crippen molar-refractivity contribution in [1.29, 1.82) is 0 Å². The molecule has 0 fully saturated rings. The first kappa shape index (κ1) is 19.4. The predicted molar refractivity (Wildman–Crippen MR) is 103 cm³/mol. The highest BCUT2D eigenvalue weighted by Gasteiger charge is 2.13. The van der Waals surface area contributed by atoms with Crippen LogP contribution in [0.15, 0.2) is 23.3 Å². The molecule has 0 heterocycles. The minimum Gasteiger partial charge on any atom is -0.289 e. The molecule has 1 aliphatic carbocycles. The van der Waals surface area contributed by atoms with Crippen molar-refractivity contribution in [3.8, 4) is 0 Å². The van der Waals surface area contributed by atoms with E-state index in [1.165, 1.54) is 68.4 Å². The Labute approximate surface area is 140 Å². The Morgan fingerprint density at radius 2 is 1.27 bits per heavy atom. The highest BCUT2D eigenvalue weighted by Crippen LogP contribution is 2.21. The molecule has 1 atom stereocenters. The molecule has 0 N–H and O–H groups in total. The van der Waals surface area contributed by atoms with Gasteiger partial charge < -0.3 is 0 Å². The molecule has 1 aliphatic rings. The lowest BCUT2D eigenvalue weighted by molar-refractivity contribution is -0.112. The number of ketones is 1. The minimum absolute atomic E-state index is 0.212. The zero-order chi connectivity index (χ0) is 16.4. The molecule has 1 nitrogen and oxygen atoms in total. The first-order valence-electron chi connectivity index (χ1n) is 8.97. The van der Waals surface area contributed by atoms with Crippen LogP contribution in [-0.2, 0) is 4.79 Å². The quantitative estimate of drug-likeness (QED) is 0.353. The van der Waals surface area contributed by atoms with E-state index < -0.39 is 0 Å². The number of rotatable bonds is 10. The van der Waals surface area contributed by atoms with Crippen LogP contribution in [0, 0.1) is 0 Å². The Morgan fingerprint density at radius 3 is 1.77 bits per heavy atom. The van der Waals surface area contributed by atoms with E-state index in [0.29, 0.717) is 0 Å². The lowest BCUT2D eigenvalue weighted by Gasteiger charge is -2.13. The number of unbranched alkanes of at least 4 members (excludes halogenated alkanes) is 8. The van der Waals surface area contributed by atoms with Crippen molar-refractivity contribution >= 4 is 21.1 Å². The van der Waals surface area contributed by atoms with Gasteiger partial charge in [-0.3, -0.25) is 4.79 Å². The maximum Gasteiger partial charge on any atom is 0.184 e. The van der Waals surface area contributed by atoms with Gasteiger partial charge in [-0.15, -0.1) is 0 Å². The smallest absolute Gasteiger partial charge is 0.184 e. The van der Waals surface area contributed by atoms with Gasteiger partial charge in [0.1, 0.15) is 0 Å². The summed E-state index contributed by atoms with van der Waals surface area (Å²) in [7, 11) is 0.287. The molecule has 126 valence electrons. The van der Waals surface area contributed by atoms with Gasteiger partial charge in [-0.05, 0) is 60.4 Å². The third kappa shape index (κ3) is 7.09. The number of carbonyl (C=O) groups is 1. The van der Waals surface area contributed by atoms with E-state index in [1.807, 2.05) is 13.8 Å². The van der Waals surface area contributed by atoms with Crippen LogP contribution in [-0.4, -0.2) is 22.7 Å². The van der Waals surface area contributed by atoms with Crippen LogP contribution in [0.1, 0.15) is 78.6 Å². The van der Waals surface area contributed by atoms with E-state index in [4.69, 9.17) is 0 Å². The third-order valence-corrected chi connectivity index (χ3v) is 6.33. The fourth-order valence-electron chi connectivity index (χ4n) is 2.86. The summed E-state index contributed by atoms with van der Waals surface area (Å²) >= 11 is 0. The fourth-order valence-corrected chi connectivity index (χ4v) is 4.49. The van der Waals surface area contributed by atoms with Crippen molar-refractivity contribution in [1.82, 2.24) is 0 Å². The van der Waals surface area contributed by atoms with Gasteiger partial charge in [0, 0.05) is 0 Å². The number of hydrogen-bond donors (Lipinski definition) is 0. The van der Waals surface area contributed by atoms with E-state index in [9.17, 15) is 4.79 Å². The van der Waals surface area contributed by atoms with Crippen LogP contribution in [0.3, 0.4) is 0 Å². The molecule has 0 aromatic carbocycles. The lowest BCUT2D eigenvalue weighted by atomic mass is 9.99. The lowest BCUT2D eigenvalue weighted by Crippen LogP contribution is -2.11. The van der Waals surface area contributed by atoms with E-state index in [-0.39, 0.29) is 16.3 Å². The molecule has 2 heteroatoms. The largest absolute Gasteiger partial charge is 0.289 e. The topological polar surface area (TPSA) is 17.1 Å². The first-order chi connectivity index (χ1) is 10.6. The number of carbonyl (C=O) groups excluding carboxylic acids is 1. The summed E-state index contributed by atoms with van der Waals surface area (Å²) in [5, 5.41) is 0. The number of Topliss-reactive ketones (excluding diaryl/α,β-unsaturated/α-hetero) is 1. The monoisotopic (exact) mass is 322 g/mol. The Kier molecular flexibility index (Phi) is 9.70. The summed E-state index contributed by atoms with van der Waals surface area (Å²) in [6, 6.07) is 0. The van der Waals surface area contributed by atoms with E-state index in [2.05, 4.69) is 25.3 Å². The van der Waals surface area contributed by atoms with Crippen molar-refractivity contribution in [3.63, 3.8) is 0 Å². The summed E-state index contributed by atoms with van der Waals surface area (Å²) in [4.78, 5) is 13.1. The van der Waals surface area contributed by atoms with Gasteiger partial charge in [0.25, 0.3) is 0 Å². The second-order valence-electron chi connectivity index (χ2n) is 6.56. The fraction of sp³-hybridized carbons (Fsp3) is 0.700. The highest BCUT2D eigenvalue weighted by atomic mass is 32.2. The minimum atomic E-state index is 0.212. The number of hydrogen-bond acceptors (Lipinski definition) is 1. The molecule has 0 saturated heterocycles. The van der Waals surface area contributed by atoms with Crippen LogP contribution in [0.4, 0.5) is 0 Å². The molecule has 0 aliphatic heterocycles. The molecule has 0 aromatic rings. The van der Waals surface area contributed by atoms with Crippen molar-refractivity contribution in [2.75, 3.05) is 12.0 Å². The second-order valence-corrected chi connectivity index (χ2v) is 8.71. The summed E-state index contributed by atoms with van der Waals surface area (Å²) in [5.41, 5.74) is 1.81. The zero-order valence-electron chi connectivity index (χ0n) is 15.0. The van der Waals surface area contributed by atoms with Crippen molar-refractivity contribution in [3.05, 3.63) is 23.3 Å². The Balaban J connectivity index is 2.22. The average molecular weight is 323 g/mol.